The zero-order valence-corrected chi connectivity index (χ0v) is 11.9. The van der Waals surface area contributed by atoms with Crippen molar-refractivity contribution in [2.45, 2.75) is 37.6 Å². The van der Waals surface area contributed by atoms with Gasteiger partial charge in [0.15, 0.2) is 0 Å². The lowest BCUT2D eigenvalue weighted by molar-refractivity contribution is -0.124. The van der Waals surface area contributed by atoms with E-state index in [1.807, 2.05) is 6.92 Å². The number of rotatable bonds is 5. The quantitative estimate of drug-likeness (QED) is 0.888. The van der Waals surface area contributed by atoms with E-state index in [-0.39, 0.29) is 17.8 Å². The van der Waals surface area contributed by atoms with E-state index in [0.29, 0.717) is 0 Å². The molecule has 0 saturated heterocycles. The highest BCUT2D eigenvalue weighted by Gasteiger charge is 2.51. The molecule has 1 fully saturated rings. The maximum atomic E-state index is 13.0. The first-order chi connectivity index (χ1) is 10.2. The van der Waals surface area contributed by atoms with Gasteiger partial charge in [-0.2, -0.15) is 0 Å². The maximum Gasteiger partial charge on any atom is 0.231 e. The fourth-order valence-corrected chi connectivity index (χ4v) is 2.67. The monoisotopic (exact) mass is 287 g/mol. The topological polar surface area (TPSA) is 57.8 Å². The number of carbonyl (C=O) groups excluding carboxylic acids is 1. The number of benzene rings is 1. The summed E-state index contributed by atoms with van der Waals surface area (Å²) >= 11 is 0. The van der Waals surface area contributed by atoms with Crippen LogP contribution < -0.4 is 5.32 Å². The van der Waals surface area contributed by atoms with Crippen molar-refractivity contribution in [1.82, 2.24) is 15.3 Å². The second-order valence-corrected chi connectivity index (χ2v) is 5.50. The largest absolute Gasteiger partial charge is 0.347 e. The Labute approximate surface area is 122 Å². The molecule has 1 heterocycles. The van der Waals surface area contributed by atoms with E-state index >= 15 is 0 Å². The minimum Gasteiger partial charge on any atom is -0.347 e. The highest BCUT2D eigenvalue weighted by Crippen LogP contribution is 2.48. The molecule has 0 radical (unpaired) electrons. The first kappa shape index (κ1) is 13.8. The summed E-state index contributed by atoms with van der Waals surface area (Å²) < 4.78 is 13.0. The van der Waals surface area contributed by atoms with E-state index in [4.69, 9.17) is 0 Å². The molecule has 0 aliphatic heterocycles. The average Bonchev–Trinajstić information content (AvgIpc) is 3.13. The zero-order chi connectivity index (χ0) is 14.9. The first-order valence-corrected chi connectivity index (χ1v) is 7.22. The SMILES string of the molecule is CCC(NC(=O)C1(c2ccc(F)cc2)CC1)c1ncc[nH]1. The van der Waals surface area contributed by atoms with Gasteiger partial charge >= 0.3 is 0 Å². The molecular formula is C16H18FN3O. The van der Waals surface area contributed by atoms with Crippen molar-refractivity contribution in [2.75, 3.05) is 0 Å². The summed E-state index contributed by atoms with van der Waals surface area (Å²) in [5.41, 5.74) is 0.393. The molecule has 1 aromatic heterocycles. The molecule has 0 bridgehead atoms. The Hall–Kier alpha value is -2.17. The number of hydrogen-bond donors (Lipinski definition) is 2. The van der Waals surface area contributed by atoms with Crippen molar-refractivity contribution in [3.8, 4) is 0 Å². The maximum absolute atomic E-state index is 13.0. The molecule has 0 spiro atoms. The molecule has 1 aliphatic rings. The highest BCUT2D eigenvalue weighted by molar-refractivity contribution is 5.91. The molecule has 1 unspecified atom stereocenters. The number of aromatic amines is 1. The van der Waals surface area contributed by atoms with Gasteiger partial charge in [0, 0.05) is 12.4 Å². The normalized spacial score (nSPS) is 17.2. The van der Waals surface area contributed by atoms with E-state index in [1.54, 1.807) is 24.5 Å². The number of imidazole rings is 1. The van der Waals surface area contributed by atoms with Crippen molar-refractivity contribution < 1.29 is 9.18 Å². The third-order valence-electron chi connectivity index (χ3n) is 4.14. The Morgan fingerprint density at radius 1 is 1.43 bits per heavy atom. The van der Waals surface area contributed by atoms with Gasteiger partial charge in [0.1, 0.15) is 11.6 Å². The van der Waals surface area contributed by atoms with E-state index < -0.39 is 5.41 Å². The van der Waals surface area contributed by atoms with Crippen molar-refractivity contribution in [3.05, 3.63) is 53.9 Å². The van der Waals surface area contributed by atoms with Crippen molar-refractivity contribution in [1.29, 1.82) is 0 Å². The van der Waals surface area contributed by atoms with Crippen LogP contribution in [0.5, 0.6) is 0 Å². The molecule has 4 nitrogen and oxygen atoms in total. The van der Waals surface area contributed by atoms with Gasteiger partial charge in [0.25, 0.3) is 0 Å². The van der Waals surface area contributed by atoms with E-state index in [0.717, 1.165) is 30.7 Å². The van der Waals surface area contributed by atoms with Crippen molar-refractivity contribution >= 4 is 5.91 Å². The van der Waals surface area contributed by atoms with Gasteiger partial charge in [-0.25, -0.2) is 9.37 Å². The van der Waals surface area contributed by atoms with Gasteiger partial charge in [0.2, 0.25) is 5.91 Å². The predicted octanol–water partition coefficient (Wildman–Crippen LogP) is 2.85. The van der Waals surface area contributed by atoms with Crippen molar-refractivity contribution in [2.24, 2.45) is 0 Å². The van der Waals surface area contributed by atoms with Crippen LogP contribution in [-0.2, 0) is 10.2 Å². The molecular weight excluding hydrogens is 269 g/mol. The number of hydrogen-bond acceptors (Lipinski definition) is 2. The molecule has 21 heavy (non-hydrogen) atoms. The third-order valence-corrected chi connectivity index (χ3v) is 4.14. The molecule has 2 N–H and O–H groups in total. The van der Waals surface area contributed by atoms with Gasteiger partial charge in [-0.1, -0.05) is 19.1 Å². The highest BCUT2D eigenvalue weighted by atomic mass is 19.1. The fourth-order valence-electron chi connectivity index (χ4n) is 2.67. The molecule has 2 aromatic rings. The second-order valence-electron chi connectivity index (χ2n) is 5.50. The fraction of sp³-hybridized carbons (Fsp3) is 0.375. The Balaban J connectivity index is 1.77. The van der Waals surface area contributed by atoms with E-state index in [1.165, 1.54) is 12.1 Å². The van der Waals surface area contributed by atoms with Crippen LogP contribution in [0.15, 0.2) is 36.7 Å². The second kappa shape index (κ2) is 5.31. The van der Waals surface area contributed by atoms with Gasteiger partial charge < -0.3 is 10.3 Å². The predicted molar refractivity (Wildman–Crippen MR) is 77.1 cm³/mol. The Kier molecular flexibility index (Phi) is 3.49. The van der Waals surface area contributed by atoms with Crippen LogP contribution in [0, 0.1) is 5.82 Å². The lowest BCUT2D eigenvalue weighted by atomic mass is 9.94. The number of nitrogens with one attached hydrogen (secondary N) is 2. The molecule has 110 valence electrons. The standard InChI is InChI=1S/C16H18FN3O/c1-2-13(14-18-9-10-19-14)20-15(21)16(7-8-16)11-3-5-12(17)6-4-11/h3-6,9-10,13H,2,7-8H2,1H3,(H,18,19)(H,20,21). The van der Waals surface area contributed by atoms with Gasteiger partial charge in [-0.3, -0.25) is 4.79 Å². The molecule has 1 aromatic carbocycles. The summed E-state index contributed by atoms with van der Waals surface area (Å²) in [5, 5.41) is 3.06. The summed E-state index contributed by atoms with van der Waals surface area (Å²) in [6, 6.07) is 6.11. The molecule has 5 heteroatoms. The molecule has 3 rings (SSSR count). The van der Waals surface area contributed by atoms with Gasteiger partial charge in [0.05, 0.1) is 11.5 Å². The minimum absolute atomic E-state index is 0.00245. The Bertz CT molecular complexity index is 617. The molecule has 1 aliphatic carbocycles. The number of nitrogens with zero attached hydrogens (tertiary/aromatic N) is 1. The summed E-state index contributed by atoms with van der Waals surface area (Å²) in [5.74, 6) is 0.482. The summed E-state index contributed by atoms with van der Waals surface area (Å²) in [4.78, 5) is 19.9. The number of carbonyl (C=O) groups is 1. The van der Waals surface area contributed by atoms with Crippen LogP contribution in [0.4, 0.5) is 4.39 Å². The lowest BCUT2D eigenvalue weighted by Crippen LogP contribution is -2.37. The number of amides is 1. The third kappa shape index (κ3) is 2.55. The molecule has 1 saturated carbocycles. The lowest BCUT2D eigenvalue weighted by Gasteiger charge is -2.20. The Morgan fingerprint density at radius 2 is 2.14 bits per heavy atom. The first-order valence-electron chi connectivity index (χ1n) is 7.22. The Morgan fingerprint density at radius 3 is 2.67 bits per heavy atom. The van der Waals surface area contributed by atoms with Crippen LogP contribution in [0.25, 0.3) is 0 Å². The van der Waals surface area contributed by atoms with Crippen LogP contribution >= 0.6 is 0 Å². The summed E-state index contributed by atoms with van der Waals surface area (Å²) in [7, 11) is 0. The summed E-state index contributed by atoms with van der Waals surface area (Å²) in [6.07, 6.45) is 5.80. The van der Waals surface area contributed by atoms with Gasteiger partial charge in [-0.05, 0) is 37.0 Å². The minimum atomic E-state index is -0.492. The van der Waals surface area contributed by atoms with Crippen LogP contribution in [0.1, 0.15) is 43.6 Å². The number of aromatic nitrogens is 2. The van der Waals surface area contributed by atoms with Crippen LogP contribution in [0.3, 0.4) is 0 Å². The van der Waals surface area contributed by atoms with Crippen LogP contribution in [-0.4, -0.2) is 15.9 Å². The average molecular weight is 287 g/mol. The van der Waals surface area contributed by atoms with Crippen molar-refractivity contribution in [3.63, 3.8) is 0 Å². The van der Waals surface area contributed by atoms with Crippen LogP contribution in [0.2, 0.25) is 0 Å². The van der Waals surface area contributed by atoms with E-state index in [2.05, 4.69) is 15.3 Å². The number of H-pyrrole nitrogens is 1. The van der Waals surface area contributed by atoms with E-state index in [9.17, 15) is 9.18 Å². The zero-order valence-electron chi connectivity index (χ0n) is 11.9. The molecule has 1 atom stereocenters. The summed E-state index contributed by atoms with van der Waals surface area (Å²) in [6.45, 7) is 2.00. The number of halogens is 1. The smallest absolute Gasteiger partial charge is 0.231 e. The molecule has 1 amide bonds. The van der Waals surface area contributed by atoms with Gasteiger partial charge in [-0.15, -0.1) is 0 Å².